The zero-order chi connectivity index (χ0) is 13.5. The van der Waals surface area contributed by atoms with Crippen LogP contribution in [-0.2, 0) is 0 Å². The summed E-state index contributed by atoms with van der Waals surface area (Å²) >= 11 is 0. The first-order valence-electron chi connectivity index (χ1n) is 7.09. The van der Waals surface area contributed by atoms with Crippen LogP contribution >= 0.6 is 0 Å². The zero-order valence-electron chi connectivity index (χ0n) is 12.1. The molecule has 0 heterocycles. The first kappa shape index (κ1) is 15.2. The minimum absolute atomic E-state index is 0.136. The van der Waals surface area contributed by atoms with Crippen LogP contribution in [0.15, 0.2) is 18.2 Å². The van der Waals surface area contributed by atoms with Crippen molar-refractivity contribution in [3.8, 4) is 0 Å². The molecule has 1 aromatic rings. The third-order valence-corrected chi connectivity index (χ3v) is 3.50. The summed E-state index contributed by atoms with van der Waals surface area (Å²) in [4.78, 5) is 0. The molecule has 1 nitrogen and oxygen atoms in total. The maximum atomic E-state index is 13.5. The summed E-state index contributed by atoms with van der Waals surface area (Å²) in [6.45, 7) is 9.66. The first-order chi connectivity index (χ1) is 8.60. The largest absolute Gasteiger partial charge is 0.310 e. The number of nitrogens with one attached hydrogen (secondary N) is 1. The zero-order valence-corrected chi connectivity index (χ0v) is 12.1. The maximum absolute atomic E-state index is 13.5. The van der Waals surface area contributed by atoms with Crippen molar-refractivity contribution in [2.45, 2.75) is 53.0 Å². The van der Waals surface area contributed by atoms with Crippen LogP contribution in [-0.4, -0.2) is 6.54 Å². The van der Waals surface area contributed by atoms with Crippen molar-refractivity contribution in [1.29, 1.82) is 0 Å². The molecule has 1 aromatic carbocycles. The minimum Gasteiger partial charge on any atom is -0.310 e. The minimum atomic E-state index is -0.136. The quantitative estimate of drug-likeness (QED) is 0.746. The van der Waals surface area contributed by atoms with Gasteiger partial charge in [-0.2, -0.15) is 0 Å². The molecule has 1 N–H and O–H groups in total. The number of hydrogen-bond acceptors (Lipinski definition) is 1. The summed E-state index contributed by atoms with van der Waals surface area (Å²) in [6, 6.07) is 5.37. The van der Waals surface area contributed by atoms with E-state index in [0.717, 1.165) is 24.9 Å². The van der Waals surface area contributed by atoms with Crippen LogP contribution < -0.4 is 5.32 Å². The number of rotatable bonds is 7. The SMILES string of the molecule is CCCNC(c1cc(F)ccc1C)C(C)CCC. The van der Waals surface area contributed by atoms with E-state index in [1.165, 1.54) is 12.0 Å². The van der Waals surface area contributed by atoms with Crippen molar-refractivity contribution >= 4 is 0 Å². The molecule has 0 bridgehead atoms. The number of aryl methyl sites for hydroxylation is 1. The van der Waals surface area contributed by atoms with E-state index in [9.17, 15) is 4.39 Å². The lowest BCUT2D eigenvalue weighted by atomic mass is 9.88. The third kappa shape index (κ3) is 4.09. The summed E-state index contributed by atoms with van der Waals surface area (Å²) in [5.41, 5.74) is 2.29. The Hall–Kier alpha value is -0.890. The Bertz CT molecular complexity index is 362. The number of hydrogen-bond donors (Lipinski definition) is 1. The van der Waals surface area contributed by atoms with Crippen LogP contribution in [0.5, 0.6) is 0 Å². The van der Waals surface area contributed by atoms with Gasteiger partial charge in [-0.15, -0.1) is 0 Å². The van der Waals surface area contributed by atoms with Gasteiger partial charge in [-0.05, 0) is 55.5 Å². The molecular formula is C16H26FN. The van der Waals surface area contributed by atoms with E-state index >= 15 is 0 Å². The highest BCUT2D eigenvalue weighted by molar-refractivity contribution is 5.30. The molecule has 2 atom stereocenters. The molecule has 0 saturated heterocycles. The summed E-state index contributed by atoms with van der Waals surface area (Å²) in [6.07, 6.45) is 3.43. The van der Waals surface area contributed by atoms with Crippen LogP contribution in [0.4, 0.5) is 4.39 Å². The van der Waals surface area contributed by atoms with E-state index < -0.39 is 0 Å². The van der Waals surface area contributed by atoms with Gasteiger partial charge in [0.2, 0.25) is 0 Å². The van der Waals surface area contributed by atoms with Gasteiger partial charge < -0.3 is 5.32 Å². The van der Waals surface area contributed by atoms with Gasteiger partial charge in [-0.1, -0.05) is 33.3 Å². The molecule has 0 spiro atoms. The molecule has 102 valence electrons. The average Bonchev–Trinajstić information content (AvgIpc) is 2.34. The lowest BCUT2D eigenvalue weighted by Crippen LogP contribution is -2.28. The molecule has 1 rings (SSSR count). The Balaban J connectivity index is 2.96. The fourth-order valence-electron chi connectivity index (χ4n) is 2.49. The van der Waals surface area contributed by atoms with Gasteiger partial charge >= 0.3 is 0 Å². The summed E-state index contributed by atoms with van der Waals surface area (Å²) in [5.74, 6) is 0.393. The van der Waals surface area contributed by atoms with Gasteiger partial charge in [0.1, 0.15) is 5.82 Å². The van der Waals surface area contributed by atoms with Crippen molar-refractivity contribution in [3.63, 3.8) is 0 Å². The van der Waals surface area contributed by atoms with E-state index in [-0.39, 0.29) is 11.9 Å². The molecule has 0 aliphatic heterocycles. The van der Waals surface area contributed by atoms with Crippen molar-refractivity contribution in [1.82, 2.24) is 5.32 Å². The fraction of sp³-hybridized carbons (Fsp3) is 0.625. The summed E-state index contributed by atoms with van der Waals surface area (Å²) < 4.78 is 13.5. The Morgan fingerprint density at radius 1 is 1.22 bits per heavy atom. The van der Waals surface area contributed by atoms with Gasteiger partial charge in [-0.3, -0.25) is 0 Å². The lowest BCUT2D eigenvalue weighted by molar-refractivity contribution is 0.361. The van der Waals surface area contributed by atoms with Crippen molar-refractivity contribution in [3.05, 3.63) is 35.1 Å². The van der Waals surface area contributed by atoms with Crippen molar-refractivity contribution in [2.75, 3.05) is 6.54 Å². The lowest BCUT2D eigenvalue weighted by Gasteiger charge is -2.27. The number of halogens is 1. The fourth-order valence-corrected chi connectivity index (χ4v) is 2.49. The molecule has 0 amide bonds. The van der Waals surface area contributed by atoms with Gasteiger partial charge in [-0.25, -0.2) is 4.39 Å². The Kier molecular flexibility index (Phi) is 6.34. The van der Waals surface area contributed by atoms with Crippen LogP contribution in [0.2, 0.25) is 0 Å². The van der Waals surface area contributed by atoms with Crippen molar-refractivity contribution < 1.29 is 4.39 Å². The molecule has 2 unspecified atom stereocenters. The molecule has 0 fully saturated rings. The Labute approximate surface area is 111 Å². The molecule has 0 saturated carbocycles. The van der Waals surface area contributed by atoms with Crippen LogP contribution in [0, 0.1) is 18.7 Å². The average molecular weight is 251 g/mol. The molecule has 0 aliphatic rings. The monoisotopic (exact) mass is 251 g/mol. The van der Waals surface area contributed by atoms with E-state index in [0.29, 0.717) is 5.92 Å². The second-order valence-electron chi connectivity index (χ2n) is 5.20. The number of benzene rings is 1. The Morgan fingerprint density at radius 2 is 1.94 bits per heavy atom. The second kappa shape index (κ2) is 7.52. The van der Waals surface area contributed by atoms with E-state index in [1.54, 1.807) is 12.1 Å². The normalized spacial score (nSPS) is 14.5. The molecule has 0 aliphatic carbocycles. The maximum Gasteiger partial charge on any atom is 0.123 e. The second-order valence-corrected chi connectivity index (χ2v) is 5.20. The summed E-state index contributed by atoms with van der Waals surface area (Å²) in [5, 5.41) is 3.57. The van der Waals surface area contributed by atoms with Crippen LogP contribution in [0.25, 0.3) is 0 Å². The standard InChI is InChI=1S/C16H26FN/c1-5-7-13(4)16(18-10-6-2)15-11-14(17)9-8-12(15)3/h8-9,11,13,16,18H,5-7,10H2,1-4H3. The third-order valence-electron chi connectivity index (χ3n) is 3.50. The smallest absolute Gasteiger partial charge is 0.123 e. The van der Waals surface area contributed by atoms with E-state index in [4.69, 9.17) is 0 Å². The topological polar surface area (TPSA) is 12.0 Å². The van der Waals surface area contributed by atoms with Crippen molar-refractivity contribution in [2.24, 2.45) is 5.92 Å². The molecule has 2 heteroatoms. The van der Waals surface area contributed by atoms with Gasteiger partial charge in [0.05, 0.1) is 0 Å². The highest BCUT2D eigenvalue weighted by Gasteiger charge is 2.20. The highest BCUT2D eigenvalue weighted by Crippen LogP contribution is 2.28. The molecule has 18 heavy (non-hydrogen) atoms. The summed E-state index contributed by atoms with van der Waals surface area (Å²) in [7, 11) is 0. The predicted molar refractivity (Wildman–Crippen MR) is 76.2 cm³/mol. The van der Waals surface area contributed by atoms with Gasteiger partial charge in [0.25, 0.3) is 0 Å². The van der Waals surface area contributed by atoms with E-state index in [1.807, 2.05) is 6.07 Å². The molecular weight excluding hydrogens is 225 g/mol. The predicted octanol–water partition coefficient (Wildman–Crippen LogP) is 4.61. The molecule has 0 radical (unpaired) electrons. The van der Waals surface area contributed by atoms with Gasteiger partial charge in [0.15, 0.2) is 0 Å². The first-order valence-corrected chi connectivity index (χ1v) is 7.09. The highest BCUT2D eigenvalue weighted by atomic mass is 19.1. The Morgan fingerprint density at radius 3 is 2.56 bits per heavy atom. The van der Waals surface area contributed by atoms with E-state index in [2.05, 4.69) is 33.0 Å². The van der Waals surface area contributed by atoms with Crippen LogP contribution in [0.1, 0.15) is 57.2 Å². The van der Waals surface area contributed by atoms with Crippen LogP contribution in [0.3, 0.4) is 0 Å². The van der Waals surface area contributed by atoms with Gasteiger partial charge in [0, 0.05) is 6.04 Å². The molecule has 0 aromatic heterocycles.